The first-order valence-electron chi connectivity index (χ1n) is 9.04. The normalized spacial score (nSPS) is 16.3. The maximum absolute atomic E-state index is 12.9. The molecule has 0 radical (unpaired) electrons. The van der Waals surface area contributed by atoms with E-state index in [0.717, 1.165) is 10.0 Å². The van der Waals surface area contributed by atoms with Crippen molar-refractivity contribution in [1.82, 2.24) is 5.32 Å². The van der Waals surface area contributed by atoms with Crippen molar-refractivity contribution < 1.29 is 22.7 Å². The van der Waals surface area contributed by atoms with E-state index in [2.05, 4.69) is 21.2 Å². The minimum absolute atomic E-state index is 0.0237. The Labute approximate surface area is 178 Å². The lowest BCUT2D eigenvalue weighted by Gasteiger charge is -2.20. The van der Waals surface area contributed by atoms with Gasteiger partial charge in [-0.2, -0.15) is 0 Å². The van der Waals surface area contributed by atoms with Crippen molar-refractivity contribution in [1.29, 1.82) is 0 Å². The summed E-state index contributed by atoms with van der Waals surface area (Å²) < 4.78 is 31.3. The summed E-state index contributed by atoms with van der Waals surface area (Å²) >= 11 is 3.36. The topological polar surface area (TPSA) is 92.8 Å². The van der Waals surface area contributed by atoms with E-state index in [-0.39, 0.29) is 12.2 Å². The molecule has 29 heavy (non-hydrogen) atoms. The molecule has 7 nitrogen and oxygen atoms in total. The van der Waals surface area contributed by atoms with Crippen LogP contribution >= 0.6 is 15.9 Å². The Balaban J connectivity index is 1.83. The molecule has 1 heterocycles. The van der Waals surface area contributed by atoms with E-state index in [1.165, 1.54) is 11.4 Å². The monoisotopic (exact) mass is 480 g/mol. The van der Waals surface area contributed by atoms with Gasteiger partial charge in [0.05, 0.1) is 31.0 Å². The average molecular weight is 481 g/mol. The van der Waals surface area contributed by atoms with Gasteiger partial charge in [-0.05, 0) is 42.3 Å². The molecule has 1 aliphatic rings. The molecule has 1 amide bonds. The van der Waals surface area contributed by atoms with Crippen LogP contribution in [0.3, 0.4) is 0 Å². The Hall–Kier alpha value is -2.39. The summed E-state index contributed by atoms with van der Waals surface area (Å²) in [5.41, 5.74) is 1.53. The van der Waals surface area contributed by atoms with E-state index in [9.17, 15) is 18.0 Å². The Bertz CT molecular complexity index is 1010. The predicted octanol–water partition coefficient (Wildman–Crippen LogP) is 3.02. The van der Waals surface area contributed by atoms with E-state index in [1.54, 1.807) is 24.3 Å². The van der Waals surface area contributed by atoms with Crippen LogP contribution in [0.4, 0.5) is 5.69 Å². The molecular weight excluding hydrogens is 460 g/mol. The summed E-state index contributed by atoms with van der Waals surface area (Å²) in [6, 6.07) is 13.2. The van der Waals surface area contributed by atoms with Crippen LogP contribution in [-0.2, 0) is 19.6 Å². The largest absolute Gasteiger partial charge is 0.469 e. The van der Waals surface area contributed by atoms with Gasteiger partial charge in [0, 0.05) is 16.6 Å². The summed E-state index contributed by atoms with van der Waals surface area (Å²) in [7, 11) is -2.04. The summed E-state index contributed by atoms with van der Waals surface area (Å²) in [4.78, 5) is 24.7. The fourth-order valence-corrected chi connectivity index (χ4v) is 4.99. The van der Waals surface area contributed by atoms with Crippen LogP contribution < -0.4 is 9.62 Å². The molecule has 1 atom stereocenters. The van der Waals surface area contributed by atoms with Crippen molar-refractivity contribution >= 4 is 43.5 Å². The lowest BCUT2D eigenvalue weighted by atomic mass is 10.0. The second-order valence-corrected chi connectivity index (χ2v) is 9.58. The Kier molecular flexibility index (Phi) is 6.59. The Morgan fingerprint density at radius 1 is 1.21 bits per heavy atom. The average Bonchev–Trinajstić information content (AvgIpc) is 3.07. The summed E-state index contributed by atoms with van der Waals surface area (Å²) in [5.74, 6) is -0.746. The van der Waals surface area contributed by atoms with Crippen LogP contribution in [0.15, 0.2) is 53.0 Å². The quantitative estimate of drug-likeness (QED) is 0.641. The second-order valence-electron chi connectivity index (χ2n) is 6.65. The van der Waals surface area contributed by atoms with Gasteiger partial charge in [-0.1, -0.05) is 34.1 Å². The van der Waals surface area contributed by atoms with Gasteiger partial charge >= 0.3 is 5.97 Å². The third kappa shape index (κ3) is 5.16. The molecule has 9 heteroatoms. The molecule has 1 N–H and O–H groups in total. The van der Waals surface area contributed by atoms with E-state index in [4.69, 9.17) is 4.74 Å². The summed E-state index contributed by atoms with van der Waals surface area (Å²) in [6.45, 7) is 0.400. The zero-order chi connectivity index (χ0) is 21.0. The van der Waals surface area contributed by atoms with Crippen LogP contribution in [0.1, 0.15) is 34.8 Å². The number of ether oxygens (including phenoxy) is 1. The first kappa shape index (κ1) is 21.3. The standard InChI is InChI=1S/C20H21BrN2O5S/c1-28-19(24)13-18(14-6-8-16(21)9-7-14)22-20(25)15-4-2-5-17(12-15)23-10-3-11-29(23,26)27/h2,4-9,12,18H,3,10-11,13H2,1H3,(H,22,25). The first-order chi connectivity index (χ1) is 13.8. The highest BCUT2D eigenvalue weighted by Crippen LogP contribution is 2.26. The summed E-state index contributed by atoms with van der Waals surface area (Å²) in [5, 5.41) is 2.85. The van der Waals surface area contributed by atoms with Gasteiger partial charge in [-0.3, -0.25) is 13.9 Å². The van der Waals surface area contributed by atoms with Crippen LogP contribution in [0.2, 0.25) is 0 Å². The molecule has 0 saturated carbocycles. The number of carbonyl (C=O) groups excluding carboxylic acids is 2. The lowest BCUT2D eigenvalue weighted by molar-refractivity contribution is -0.141. The van der Waals surface area contributed by atoms with Gasteiger partial charge in [0.15, 0.2) is 0 Å². The molecule has 3 rings (SSSR count). The molecule has 0 aliphatic carbocycles. The van der Waals surface area contributed by atoms with Crippen molar-refractivity contribution in [3.8, 4) is 0 Å². The number of hydrogen-bond acceptors (Lipinski definition) is 5. The molecule has 1 unspecified atom stereocenters. The lowest BCUT2D eigenvalue weighted by Crippen LogP contribution is -2.31. The van der Waals surface area contributed by atoms with Gasteiger partial charge in [0.25, 0.3) is 5.91 Å². The maximum Gasteiger partial charge on any atom is 0.307 e. The zero-order valence-corrected chi connectivity index (χ0v) is 18.2. The smallest absolute Gasteiger partial charge is 0.307 e. The molecule has 1 fully saturated rings. The molecule has 0 spiro atoms. The van der Waals surface area contributed by atoms with Gasteiger partial charge in [0.2, 0.25) is 10.0 Å². The Morgan fingerprint density at radius 2 is 1.93 bits per heavy atom. The molecule has 154 valence electrons. The highest BCUT2D eigenvalue weighted by molar-refractivity contribution is 9.10. The number of methoxy groups -OCH3 is 1. The first-order valence-corrected chi connectivity index (χ1v) is 11.4. The summed E-state index contributed by atoms with van der Waals surface area (Å²) in [6.07, 6.45) is 0.535. The van der Waals surface area contributed by atoms with Gasteiger partial charge in [-0.15, -0.1) is 0 Å². The van der Waals surface area contributed by atoms with Crippen LogP contribution in [-0.4, -0.2) is 39.7 Å². The van der Waals surface area contributed by atoms with Crippen molar-refractivity contribution in [3.63, 3.8) is 0 Å². The van der Waals surface area contributed by atoms with Gasteiger partial charge in [0.1, 0.15) is 0 Å². The number of benzene rings is 2. The predicted molar refractivity (Wildman–Crippen MR) is 113 cm³/mol. The van der Waals surface area contributed by atoms with Gasteiger partial charge in [-0.25, -0.2) is 8.42 Å². The molecule has 2 aromatic rings. The van der Waals surface area contributed by atoms with Crippen LogP contribution in [0, 0.1) is 0 Å². The molecule has 1 aliphatic heterocycles. The van der Waals surface area contributed by atoms with E-state index in [1.807, 2.05) is 24.3 Å². The Morgan fingerprint density at radius 3 is 2.55 bits per heavy atom. The van der Waals surface area contributed by atoms with Crippen LogP contribution in [0.25, 0.3) is 0 Å². The SMILES string of the molecule is COC(=O)CC(NC(=O)c1cccc(N2CCCS2(=O)=O)c1)c1ccc(Br)cc1. The minimum atomic E-state index is -3.34. The second kappa shape index (κ2) is 8.96. The number of amides is 1. The number of hydrogen-bond donors (Lipinski definition) is 1. The minimum Gasteiger partial charge on any atom is -0.469 e. The molecular formula is C20H21BrN2O5S. The number of anilines is 1. The van der Waals surface area contributed by atoms with E-state index < -0.39 is 27.9 Å². The zero-order valence-electron chi connectivity index (χ0n) is 15.8. The number of sulfonamides is 1. The fourth-order valence-electron chi connectivity index (χ4n) is 3.17. The highest BCUT2D eigenvalue weighted by Gasteiger charge is 2.29. The molecule has 2 aromatic carbocycles. The number of rotatable bonds is 6. The number of esters is 1. The molecule has 0 aromatic heterocycles. The van der Waals surface area contributed by atoms with E-state index in [0.29, 0.717) is 24.2 Å². The molecule has 1 saturated heterocycles. The number of carbonyl (C=O) groups is 2. The fraction of sp³-hybridized carbons (Fsp3) is 0.300. The highest BCUT2D eigenvalue weighted by atomic mass is 79.9. The number of nitrogens with one attached hydrogen (secondary N) is 1. The van der Waals surface area contributed by atoms with Gasteiger partial charge < -0.3 is 10.1 Å². The van der Waals surface area contributed by atoms with Crippen molar-refractivity contribution in [2.45, 2.75) is 18.9 Å². The van der Waals surface area contributed by atoms with Crippen LogP contribution in [0.5, 0.6) is 0 Å². The van der Waals surface area contributed by atoms with E-state index >= 15 is 0 Å². The third-order valence-electron chi connectivity index (χ3n) is 4.67. The number of nitrogens with zero attached hydrogens (tertiary/aromatic N) is 1. The number of halogens is 1. The third-order valence-corrected chi connectivity index (χ3v) is 7.07. The van der Waals surface area contributed by atoms with Crippen molar-refractivity contribution in [2.75, 3.05) is 23.7 Å². The van der Waals surface area contributed by atoms with Crippen molar-refractivity contribution in [3.05, 3.63) is 64.1 Å². The molecule has 0 bridgehead atoms. The maximum atomic E-state index is 12.9. The van der Waals surface area contributed by atoms with Crippen molar-refractivity contribution in [2.24, 2.45) is 0 Å².